The van der Waals surface area contributed by atoms with E-state index in [9.17, 15) is 0 Å². The molecule has 1 aliphatic heterocycles. The zero-order valence-corrected chi connectivity index (χ0v) is 18.2. The van der Waals surface area contributed by atoms with E-state index in [0.717, 1.165) is 5.70 Å². The molecule has 3 nitrogen and oxygen atoms in total. The van der Waals surface area contributed by atoms with Crippen LogP contribution >= 0.6 is 0 Å². The summed E-state index contributed by atoms with van der Waals surface area (Å²) in [6.45, 7) is 13.0. The fourth-order valence-electron chi connectivity index (χ4n) is 4.55. The Kier molecular flexibility index (Phi) is 4.93. The van der Waals surface area contributed by atoms with Gasteiger partial charge in [-0.25, -0.2) is 0 Å². The predicted molar refractivity (Wildman–Crippen MR) is 124 cm³/mol. The maximum Gasteiger partial charge on any atom is 0.0847 e. The fourth-order valence-corrected chi connectivity index (χ4v) is 4.55. The molecule has 1 N–H and O–H groups in total. The number of hydrazine groups is 2. The van der Waals surface area contributed by atoms with Gasteiger partial charge in [-0.05, 0) is 63.8 Å². The normalized spacial score (nSPS) is 13.8. The van der Waals surface area contributed by atoms with Crippen LogP contribution in [-0.2, 0) is 0 Å². The molecule has 0 spiro atoms. The first-order valence-corrected chi connectivity index (χ1v) is 10.1. The van der Waals surface area contributed by atoms with Crippen LogP contribution in [0.25, 0.3) is 5.70 Å². The van der Waals surface area contributed by atoms with Gasteiger partial charge in [0.25, 0.3) is 0 Å². The predicted octanol–water partition coefficient (Wildman–Crippen LogP) is 6.28. The smallest absolute Gasteiger partial charge is 0.0847 e. The summed E-state index contributed by atoms with van der Waals surface area (Å²) in [6.07, 6.45) is 2.21. The van der Waals surface area contributed by atoms with Crippen LogP contribution in [0.3, 0.4) is 0 Å². The molecule has 3 heteroatoms. The van der Waals surface area contributed by atoms with Gasteiger partial charge < -0.3 is 0 Å². The third kappa shape index (κ3) is 3.54. The van der Waals surface area contributed by atoms with E-state index in [1.54, 1.807) is 0 Å². The highest BCUT2D eigenvalue weighted by Crippen LogP contribution is 2.37. The first kappa shape index (κ1) is 19.3. The molecule has 148 valence electrons. The summed E-state index contributed by atoms with van der Waals surface area (Å²) in [5.41, 5.74) is 16.0. The Hall–Kier alpha value is -3.04. The maximum atomic E-state index is 3.65. The van der Waals surface area contributed by atoms with Crippen LogP contribution in [-0.4, -0.2) is 0 Å². The van der Waals surface area contributed by atoms with E-state index < -0.39 is 0 Å². The summed E-state index contributed by atoms with van der Waals surface area (Å²) in [5, 5.41) is 4.38. The average molecular weight is 384 g/mol. The lowest BCUT2D eigenvalue weighted by Crippen LogP contribution is -2.41. The Morgan fingerprint density at radius 2 is 1.10 bits per heavy atom. The quantitative estimate of drug-likeness (QED) is 0.574. The Bertz CT molecular complexity index is 1050. The zero-order chi connectivity index (χ0) is 20.7. The standard InChI is InChI=1S/C26H29N3/c1-17-12-19(3)25(20(4)13-17)28-16-24(23-10-8-7-9-11-23)29(27-28)26-21(5)14-18(2)15-22(26)6/h7-16,27H,1-6H3. The Morgan fingerprint density at radius 1 is 0.621 bits per heavy atom. The van der Waals surface area contributed by atoms with E-state index in [2.05, 4.69) is 118 Å². The third-order valence-electron chi connectivity index (χ3n) is 5.50. The highest BCUT2D eigenvalue weighted by Gasteiger charge is 2.28. The summed E-state index contributed by atoms with van der Waals surface area (Å²) >= 11 is 0. The van der Waals surface area contributed by atoms with Gasteiger partial charge in [-0.1, -0.05) is 65.7 Å². The average Bonchev–Trinajstić information content (AvgIpc) is 3.05. The van der Waals surface area contributed by atoms with Gasteiger partial charge in [-0.3, -0.25) is 10.0 Å². The molecular formula is C26H29N3. The highest BCUT2D eigenvalue weighted by molar-refractivity contribution is 5.86. The molecule has 0 saturated heterocycles. The van der Waals surface area contributed by atoms with E-state index in [4.69, 9.17) is 0 Å². The molecule has 0 aliphatic carbocycles. The molecule has 0 aromatic heterocycles. The van der Waals surface area contributed by atoms with Crippen molar-refractivity contribution in [2.75, 3.05) is 10.0 Å². The maximum absolute atomic E-state index is 3.65. The lowest BCUT2D eigenvalue weighted by Gasteiger charge is -2.29. The number of rotatable bonds is 3. The SMILES string of the molecule is Cc1cc(C)c(N2C=C(c3ccccc3)N(c3c(C)cc(C)cc3C)N2)c(C)c1. The van der Waals surface area contributed by atoms with Gasteiger partial charge in [0.05, 0.1) is 17.1 Å². The monoisotopic (exact) mass is 383 g/mol. The summed E-state index contributed by atoms with van der Waals surface area (Å²) in [7, 11) is 0. The number of nitrogens with zero attached hydrogens (tertiary/aromatic N) is 2. The summed E-state index contributed by atoms with van der Waals surface area (Å²) < 4.78 is 0. The Morgan fingerprint density at radius 3 is 1.62 bits per heavy atom. The summed E-state index contributed by atoms with van der Waals surface area (Å²) in [6, 6.07) is 19.6. The number of anilines is 2. The van der Waals surface area contributed by atoms with Crippen molar-refractivity contribution in [2.24, 2.45) is 0 Å². The molecule has 1 aliphatic rings. The molecule has 0 fully saturated rings. The van der Waals surface area contributed by atoms with Crippen LogP contribution in [0.2, 0.25) is 0 Å². The van der Waals surface area contributed by atoms with E-state index >= 15 is 0 Å². The van der Waals surface area contributed by atoms with Gasteiger partial charge in [0.2, 0.25) is 0 Å². The van der Waals surface area contributed by atoms with Gasteiger partial charge in [0.1, 0.15) is 0 Å². The van der Waals surface area contributed by atoms with Crippen molar-refractivity contribution in [3.63, 3.8) is 0 Å². The molecule has 29 heavy (non-hydrogen) atoms. The second-order valence-corrected chi connectivity index (χ2v) is 8.18. The summed E-state index contributed by atoms with van der Waals surface area (Å²) in [4.78, 5) is 0. The molecule has 3 aromatic carbocycles. The van der Waals surface area contributed by atoms with Crippen molar-refractivity contribution in [2.45, 2.75) is 41.5 Å². The largest absolute Gasteiger partial charge is 0.263 e. The lowest BCUT2D eigenvalue weighted by molar-refractivity contribution is 0.752. The van der Waals surface area contributed by atoms with Crippen LogP contribution in [0.4, 0.5) is 11.4 Å². The van der Waals surface area contributed by atoms with Gasteiger partial charge in [-0.15, -0.1) is 5.53 Å². The van der Waals surface area contributed by atoms with Gasteiger partial charge >= 0.3 is 0 Å². The minimum absolute atomic E-state index is 1.14. The van der Waals surface area contributed by atoms with E-state index in [-0.39, 0.29) is 0 Å². The number of aryl methyl sites for hydroxylation is 6. The van der Waals surface area contributed by atoms with Crippen LogP contribution in [0.1, 0.15) is 38.9 Å². The Balaban J connectivity index is 1.87. The zero-order valence-electron chi connectivity index (χ0n) is 18.2. The molecule has 1 heterocycles. The molecule has 3 aromatic rings. The van der Waals surface area contributed by atoms with Crippen molar-refractivity contribution in [1.82, 2.24) is 5.53 Å². The minimum Gasteiger partial charge on any atom is -0.263 e. The topological polar surface area (TPSA) is 18.5 Å². The van der Waals surface area contributed by atoms with Crippen molar-refractivity contribution in [3.8, 4) is 0 Å². The lowest BCUT2D eigenvalue weighted by atomic mass is 10.0. The first-order valence-electron chi connectivity index (χ1n) is 10.1. The van der Waals surface area contributed by atoms with Crippen LogP contribution in [0.15, 0.2) is 60.8 Å². The van der Waals surface area contributed by atoms with E-state index in [1.807, 2.05) is 0 Å². The van der Waals surface area contributed by atoms with Crippen LogP contribution < -0.4 is 15.6 Å². The van der Waals surface area contributed by atoms with Gasteiger partial charge in [0, 0.05) is 11.8 Å². The van der Waals surface area contributed by atoms with Crippen LogP contribution in [0.5, 0.6) is 0 Å². The van der Waals surface area contributed by atoms with Gasteiger partial charge in [0.15, 0.2) is 0 Å². The molecule has 0 saturated carbocycles. The van der Waals surface area contributed by atoms with Crippen molar-refractivity contribution < 1.29 is 0 Å². The summed E-state index contributed by atoms with van der Waals surface area (Å²) in [5.74, 6) is 0. The molecule has 0 atom stereocenters. The highest BCUT2D eigenvalue weighted by atomic mass is 15.8. The molecule has 4 rings (SSSR count). The number of hydrogen-bond acceptors (Lipinski definition) is 3. The van der Waals surface area contributed by atoms with Crippen LogP contribution in [0, 0.1) is 41.5 Å². The third-order valence-corrected chi connectivity index (χ3v) is 5.50. The number of benzene rings is 3. The molecule has 0 bridgehead atoms. The molecule has 0 amide bonds. The molecule has 0 unspecified atom stereocenters. The first-order chi connectivity index (χ1) is 13.8. The molecular weight excluding hydrogens is 354 g/mol. The van der Waals surface area contributed by atoms with E-state index in [0.29, 0.717) is 0 Å². The van der Waals surface area contributed by atoms with Crippen molar-refractivity contribution in [3.05, 3.63) is 99.7 Å². The molecule has 0 radical (unpaired) electrons. The van der Waals surface area contributed by atoms with E-state index in [1.165, 1.54) is 50.3 Å². The van der Waals surface area contributed by atoms with Crippen molar-refractivity contribution >= 4 is 17.1 Å². The second kappa shape index (κ2) is 7.41. The minimum atomic E-state index is 1.14. The number of hydrogen-bond donors (Lipinski definition) is 1. The Labute approximate surface area is 174 Å². The number of nitrogens with one attached hydrogen (secondary N) is 1. The van der Waals surface area contributed by atoms with Crippen molar-refractivity contribution in [1.29, 1.82) is 0 Å². The van der Waals surface area contributed by atoms with Gasteiger partial charge in [-0.2, -0.15) is 0 Å². The second-order valence-electron chi connectivity index (χ2n) is 8.18. The fraction of sp³-hybridized carbons (Fsp3) is 0.231.